The van der Waals surface area contributed by atoms with Crippen molar-refractivity contribution in [2.24, 2.45) is 0 Å². The van der Waals surface area contributed by atoms with Gasteiger partial charge in [-0.1, -0.05) is 22.0 Å². The third-order valence-electron chi connectivity index (χ3n) is 3.08. The van der Waals surface area contributed by atoms with Crippen LogP contribution >= 0.6 is 39.3 Å². The van der Waals surface area contributed by atoms with Crippen LogP contribution in [0.4, 0.5) is 5.69 Å². The van der Waals surface area contributed by atoms with Gasteiger partial charge in [0.05, 0.1) is 0 Å². The first-order valence-corrected chi connectivity index (χ1v) is 10.2. The Balaban J connectivity index is 2.45. The number of benzene rings is 1. The highest BCUT2D eigenvalue weighted by Crippen LogP contribution is 2.32. The molecular formula is C12H15BrClNO2S2. The van der Waals surface area contributed by atoms with Gasteiger partial charge in [0.25, 0.3) is 0 Å². The predicted molar refractivity (Wildman–Crippen MR) is 87.0 cm³/mol. The van der Waals surface area contributed by atoms with Gasteiger partial charge in [-0.05, 0) is 17.7 Å². The van der Waals surface area contributed by atoms with Crippen molar-refractivity contribution in [3.05, 3.63) is 28.2 Å². The number of anilines is 1. The van der Waals surface area contributed by atoms with Gasteiger partial charge in [-0.15, -0.1) is 11.6 Å². The van der Waals surface area contributed by atoms with Gasteiger partial charge >= 0.3 is 0 Å². The van der Waals surface area contributed by atoms with E-state index in [9.17, 15) is 8.42 Å². The number of rotatable bonds is 3. The molecule has 0 aliphatic carbocycles. The van der Waals surface area contributed by atoms with E-state index >= 15 is 0 Å². The number of sulfone groups is 1. The summed E-state index contributed by atoms with van der Waals surface area (Å²) in [5, 5.41) is -0.470. The van der Waals surface area contributed by atoms with Crippen LogP contribution in [0.1, 0.15) is 5.56 Å². The van der Waals surface area contributed by atoms with Gasteiger partial charge in [-0.2, -0.15) is 11.8 Å². The van der Waals surface area contributed by atoms with E-state index < -0.39 is 15.2 Å². The number of hydrogen-bond donors (Lipinski definition) is 0. The Bertz CT molecular complexity index is 565. The average Bonchev–Trinajstić information content (AvgIpc) is 2.37. The molecule has 7 heteroatoms. The van der Waals surface area contributed by atoms with Crippen molar-refractivity contribution in [1.29, 1.82) is 0 Å². The molecule has 0 bridgehead atoms. The molecule has 1 fully saturated rings. The first-order chi connectivity index (χ1) is 8.93. The summed E-state index contributed by atoms with van der Waals surface area (Å²) in [6.45, 7) is 0.725. The minimum Gasteiger partial charge on any atom is -0.353 e. The van der Waals surface area contributed by atoms with Gasteiger partial charge in [-0.3, -0.25) is 0 Å². The summed E-state index contributed by atoms with van der Waals surface area (Å²) in [5.41, 5.74) is 1.88. The smallest absolute Gasteiger partial charge is 0.169 e. The highest BCUT2D eigenvalue weighted by atomic mass is 79.9. The SMILES string of the molecule is CS(=O)(=O)C1CSCCN1c1cc(Br)ccc1CCl. The van der Waals surface area contributed by atoms with E-state index in [1.165, 1.54) is 6.26 Å². The minimum absolute atomic E-state index is 0.378. The van der Waals surface area contributed by atoms with Crippen molar-refractivity contribution in [3.8, 4) is 0 Å². The Morgan fingerprint density at radius 1 is 1.53 bits per heavy atom. The molecule has 1 heterocycles. The molecule has 1 aliphatic heterocycles. The van der Waals surface area contributed by atoms with E-state index in [0.717, 1.165) is 28.0 Å². The summed E-state index contributed by atoms with van der Waals surface area (Å²) in [7, 11) is -3.11. The maximum absolute atomic E-state index is 12.0. The first kappa shape index (κ1) is 15.5. The molecular weight excluding hydrogens is 370 g/mol. The van der Waals surface area contributed by atoms with E-state index in [2.05, 4.69) is 15.9 Å². The number of alkyl halides is 1. The number of hydrogen-bond acceptors (Lipinski definition) is 4. The summed E-state index contributed by atoms with van der Waals surface area (Å²) in [4.78, 5) is 1.97. The van der Waals surface area contributed by atoms with Crippen LogP contribution in [0.3, 0.4) is 0 Å². The van der Waals surface area contributed by atoms with Crippen LogP contribution in [0, 0.1) is 0 Å². The van der Waals surface area contributed by atoms with Gasteiger partial charge in [-0.25, -0.2) is 8.42 Å². The minimum atomic E-state index is -3.11. The van der Waals surface area contributed by atoms with E-state index in [4.69, 9.17) is 11.6 Å². The largest absolute Gasteiger partial charge is 0.353 e. The van der Waals surface area contributed by atoms with Gasteiger partial charge in [0, 0.05) is 40.3 Å². The molecule has 0 saturated carbocycles. The van der Waals surface area contributed by atoms with Gasteiger partial charge in [0.15, 0.2) is 9.84 Å². The van der Waals surface area contributed by atoms with E-state index in [1.807, 2.05) is 23.1 Å². The Morgan fingerprint density at radius 3 is 2.89 bits per heavy atom. The Hall–Kier alpha value is 0.0900. The van der Waals surface area contributed by atoms with Crippen LogP contribution in [0.2, 0.25) is 0 Å². The van der Waals surface area contributed by atoms with E-state index in [1.54, 1.807) is 11.8 Å². The Labute approximate surface area is 131 Å². The standard InChI is InChI=1S/C12H15BrClNO2S2/c1-19(16,17)12-8-18-5-4-15(12)11-6-10(13)3-2-9(11)7-14/h2-3,6,12H,4-5,7-8H2,1H3. The lowest BCUT2D eigenvalue weighted by Crippen LogP contribution is -2.47. The molecule has 0 N–H and O–H groups in total. The molecule has 1 atom stereocenters. The fourth-order valence-corrected chi connectivity index (χ4v) is 5.54. The molecule has 0 spiro atoms. The Morgan fingerprint density at radius 2 is 2.26 bits per heavy atom. The second-order valence-corrected chi connectivity index (χ2v) is 9.00. The monoisotopic (exact) mass is 383 g/mol. The summed E-state index contributed by atoms with van der Waals surface area (Å²) in [5.74, 6) is 1.91. The molecule has 1 aromatic rings. The lowest BCUT2D eigenvalue weighted by atomic mass is 10.2. The summed E-state index contributed by atoms with van der Waals surface area (Å²) < 4.78 is 24.8. The van der Waals surface area contributed by atoms with Gasteiger partial charge in [0.2, 0.25) is 0 Å². The maximum Gasteiger partial charge on any atom is 0.169 e. The number of thioether (sulfide) groups is 1. The zero-order chi connectivity index (χ0) is 14.0. The summed E-state index contributed by atoms with van der Waals surface area (Å²) in [6, 6.07) is 5.81. The molecule has 1 unspecified atom stereocenters. The van der Waals surface area contributed by atoms with Crippen molar-refractivity contribution in [2.75, 3.05) is 29.2 Å². The van der Waals surface area contributed by atoms with Crippen LogP contribution in [0.5, 0.6) is 0 Å². The molecule has 0 radical (unpaired) electrons. The van der Waals surface area contributed by atoms with Crippen LogP contribution in [-0.4, -0.2) is 38.1 Å². The van der Waals surface area contributed by atoms with Crippen molar-refractivity contribution >= 4 is 54.8 Å². The highest BCUT2D eigenvalue weighted by molar-refractivity contribution is 9.10. The molecule has 1 aromatic carbocycles. The maximum atomic E-state index is 12.0. The molecule has 2 rings (SSSR count). The second kappa shape index (κ2) is 6.24. The second-order valence-electron chi connectivity index (χ2n) is 4.46. The fraction of sp³-hybridized carbons (Fsp3) is 0.500. The predicted octanol–water partition coefficient (Wildman–Crippen LogP) is 3.11. The van der Waals surface area contributed by atoms with Crippen molar-refractivity contribution < 1.29 is 8.42 Å². The fourth-order valence-electron chi connectivity index (χ4n) is 2.13. The molecule has 19 heavy (non-hydrogen) atoms. The molecule has 1 aliphatic rings. The van der Waals surface area contributed by atoms with E-state index in [-0.39, 0.29) is 0 Å². The van der Waals surface area contributed by atoms with Gasteiger partial charge < -0.3 is 4.90 Å². The third-order valence-corrected chi connectivity index (χ3v) is 6.50. The van der Waals surface area contributed by atoms with Gasteiger partial charge in [0.1, 0.15) is 5.37 Å². The zero-order valence-corrected chi connectivity index (χ0v) is 14.4. The lowest BCUT2D eigenvalue weighted by molar-refractivity contribution is 0.584. The van der Waals surface area contributed by atoms with Crippen molar-refractivity contribution in [3.63, 3.8) is 0 Å². The van der Waals surface area contributed by atoms with Crippen molar-refractivity contribution in [1.82, 2.24) is 0 Å². The molecule has 106 valence electrons. The number of nitrogens with zero attached hydrogens (tertiary/aromatic N) is 1. The molecule has 0 amide bonds. The lowest BCUT2D eigenvalue weighted by Gasteiger charge is -2.37. The topological polar surface area (TPSA) is 37.4 Å². The molecule has 3 nitrogen and oxygen atoms in total. The average molecular weight is 385 g/mol. The highest BCUT2D eigenvalue weighted by Gasteiger charge is 2.32. The quantitative estimate of drug-likeness (QED) is 0.750. The molecule has 1 saturated heterocycles. The zero-order valence-electron chi connectivity index (χ0n) is 10.5. The number of halogens is 2. The third kappa shape index (κ3) is 3.60. The normalized spacial score (nSPS) is 20.6. The summed E-state index contributed by atoms with van der Waals surface area (Å²) >= 11 is 11.1. The van der Waals surface area contributed by atoms with Crippen LogP contribution in [0.15, 0.2) is 22.7 Å². The van der Waals surface area contributed by atoms with E-state index in [0.29, 0.717) is 11.6 Å². The van der Waals surface area contributed by atoms with Crippen molar-refractivity contribution in [2.45, 2.75) is 11.3 Å². The van der Waals surface area contributed by atoms with Crippen LogP contribution < -0.4 is 4.90 Å². The van der Waals surface area contributed by atoms with Crippen LogP contribution in [-0.2, 0) is 15.7 Å². The van der Waals surface area contributed by atoms with Crippen LogP contribution in [0.25, 0.3) is 0 Å². The Kier molecular flexibility index (Phi) is 5.09. The summed E-state index contributed by atoms with van der Waals surface area (Å²) in [6.07, 6.45) is 1.30. The first-order valence-electron chi connectivity index (χ1n) is 5.81. The molecule has 0 aromatic heterocycles.